The van der Waals surface area contributed by atoms with Gasteiger partial charge in [-0.2, -0.15) is 10.5 Å². The number of nitrogens with two attached hydrogens (primary N) is 1. The molecule has 3 N–H and O–H groups in total. The molecule has 0 atom stereocenters. The van der Waals surface area contributed by atoms with Crippen LogP contribution in [0, 0.1) is 22.7 Å². The molecular formula is C17H16N4O3S. The molecule has 1 aromatic carbocycles. The Hall–Kier alpha value is -2.94. The second-order valence-corrected chi connectivity index (χ2v) is 5.96. The minimum atomic E-state index is -0.0417. The summed E-state index contributed by atoms with van der Waals surface area (Å²) in [5.74, 6) is 0.819. The van der Waals surface area contributed by atoms with Crippen molar-refractivity contribution in [3.05, 3.63) is 29.3 Å². The fraction of sp³-hybridized carbons (Fsp3) is 0.235. The second kappa shape index (κ2) is 8.25. The van der Waals surface area contributed by atoms with Crippen LogP contribution >= 0.6 is 11.8 Å². The van der Waals surface area contributed by atoms with Crippen LogP contribution in [-0.2, 0) is 4.74 Å². The van der Waals surface area contributed by atoms with Crippen LogP contribution in [0.5, 0.6) is 11.5 Å². The van der Waals surface area contributed by atoms with Crippen molar-refractivity contribution >= 4 is 17.6 Å². The van der Waals surface area contributed by atoms with E-state index < -0.39 is 0 Å². The minimum Gasteiger partial charge on any atom is -0.504 e. The summed E-state index contributed by atoms with van der Waals surface area (Å²) in [6.07, 6.45) is 0. The predicted octanol–water partition coefficient (Wildman–Crippen LogP) is 2.53. The van der Waals surface area contributed by atoms with Crippen LogP contribution in [0.1, 0.15) is 11.1 Å². The number of nitrogen functional groups attached to an aromatic ring is 1. The number of rotatable bonds is 6. The zero-order valence-electron chi connectivity index (χ0n) is 13.7. The highest BCUT2D eigenvalue weighted by Gasteiger charge is 2.21. The molecule has 0 aliphatic carbocycles. The first-order valence-electron chi connectivity index (χ1n) is 7.20. The van der Waals surface area contributed by atoms with Crippen molar-refractivity contribution in [3.8, 4) is 34.8 Å². The summed E-state index contributed by atoms with van der Waals surface area (Å²) in [6, 6.07) is 8.70. The first-order chi connectivity index (χ1) is 12.1. The molecule has 8 heteroatoms. The van der Waals surface area contributed by atoms with Gasteiger partial charge < -0.3 is 20.3 Å². The quantitative estimate of drug-likeness (QED) is 0.597. The summed E-state index contributed by atoms with van der Waals surface area (Å²) in [6.45, 7) is 0.486. The van der Waals surface area contributed by atoms with E-state index in [1.165, 1.54) is 24.9 Å². The van der Waals surface area contributed by atoms with E-state index in [1.807, 2.05) is 6.07 Å². The zero-order valence-corrected chi connectivity index (χ0v) is 14.6. The molecule has 1 aromatic heterocycles. The number of anilines is 1. The standard InChI is InChI=1S/C17H16N4O3S/c1-23-5-6-25-17-12(9-19)15(11(8-18)16(20)21-17)10-3-4-13(22)14(7-10)24-2/h3-4,7,22H,5-6H2,1-2H3,(H2,20,21). The Kier molecular flexibility index (Phi) is 6.07. The smallest absolute Gasteiger partial charge is 0.161 e. The number of aromatic hydroxyl groups is 1. The molecule has 0 saturated heterocycles. The van der Waals surface area contributed by atoms with E-state index in [0.29, 0.717) is 28.5 Å². The van der Waals surface area contributed by atoms with Crippen LogP contribution in [0.3, 0.4) is 0 Å². The maximum atomic E-state index is 9.78. The van der Waals surface area contributed by atoms with Crippen molar-refractivity contribution < 1.29 is 14.6 Å². The van der Waals surface area contributed by atoms with Gasteiger partial charge in [0.15, 0.2) is 11.5 Å². The first-order valence-corrected chi connectivity index (χ1v) is 8.18. The monoisotopic (exact) mass is 356 g/mol. The van der Waals surface area contributed by atoms with Crippen molar-refractivity contribution in [2.45, 2.75) is 5.03 Å². The summed E-state index contributed by atoms with van der Waals surface area (Å²) >= 11 is 1.32. The first kappa shape index (κ1) is 18.4. The lowest BCUT2D eigenvalue weighted by atomic mass is 9.96. The number of hydrogen-bond donors (Lipinski definition) is 2. The number of hydrogen-bond acceptors (Lipinski definition) is 8. The van der Waals surface area contributed by atoms with Crippen LogP contribution in [0.25, 0.3) is 11.1 Å². The molecule has 0 amide bonds. The molecule has 2 aromatic rings. The van der Waals surface area contributed by atoms with Crippen LogP contribution in [0.2, 0.25) is 0 Å². The molecule has 128 valence electrons. The number of nitriles is 2. The third-order valence-corrected chi connectivity index (χ3v) is 4.35. The molecule has 0 bridgehead atoms. The van der Waals surface area contributed by atoms with Gasteiger partial charge in [0, 0.05) is 18.4 Å². The molecule has 1 heterocycles. The lowest BCUT2D eigenvalue weighted by Gasteiger charge is -2.14. The Bertz CT molecular complexity index is 872. The molecule has 0 saturated carbocycles. The van der Waals surface area contributed by atoms with E-state index in [-0.39, 0.29) is 28.4 Å². The van der Waals surface area contributed by atoms with Gasteiger partial charge in [0.25, 0.3) is 0 Å². The second-order valence-electron chi connectivity index (χ2n) is 4.88. The Morgan fingerprint density at radius 2 is 1.96 bits per heavy atom. The summed E-state index contributed by atoms with van der Waals surface area (Å²) in [5, 5.41) is 29.3. The molecule has 0 aliphatic rings. The third kappa shape index (κ3) is 3.77. The van der Waals surface area contributed by atoms with E-state index in [0.717, 1.165) is 0 Å². The number of thioether (sulfide) groups is 1. The van der Waals surface area contributed by atoms with Crippen molar-refractivity contribution in [3.63, 3.8) is 0 Å². The number of nitrogens with zero attached hydrogens (tertiary/aromatic N) is 3. The summed E-state index contributed by atoms with van der Waals surface area (Å²) in [5.41, 5.74) is 7.20. The van der Waals surface area contributed by atoms with Gasteiger partial charge in [-0.25, -0.2) is 4.98 Å². The fourth-order valence-corrected chi connectivity index (χ4v) is 3.14. The van der Waals surface area contributed by atoms with Gasteiger partial charge in [-0.05, 0) is 17.7 Å². The van der Waals surface area contributed by atoms with Gasteiger partial charge in [-0.15, -0.1) is 11.8 Å². The number of methoxy groups -OCH3 is 2. The number of pyridine rings is 1. The number of benzene rings is 1. The molecule has 0 spiro atoms. The highest BCUT2D eigenvalue weighted by Crippen LogP contribution is 2.38. The average molecular weight is 356 g/mol. The SMILES string of the molecule is COCCSc1nc(N)c(C#N)c(-c2ccc(O)c(OC)c2)c1C#N. The van der Waals surface area contributed by atoms with E-state index in [4.69, 9.17) is 15.2 Å². The molecule has 7 nitrogen and oxygen atoms in total. The van der Waals surface area contributed by atoms with Gasteiger partial charge in [-0.1, -0.05) is 6.07 Å². The Morgan fingerprint density at radius 1 is 1.24 bits per heavy atom. The van der Waals surface area contributed by atoms with Crippen molar-refractivity contribution in [2.24, 2.45) is 0 Å². The summed E-state index contributed by atoms with van der Waals surface area (Å²) in [7, 11) is 3.00. The van der Waals surface area contributed by atoms with Crippen LogP contribution < -0.4 is 10.5 Å². The average Bonchev–Trinajstić information content (AvgIpc) is 2.62. The normalized spacial score (nSPS) is 10.1. The lowest BCUT2D eigenvalue weighted by Crippen LogP contribution is -2.04. The maximum Gasteiger partial charge on any atom is 0.161 e. The molecule has 0 fully saturated rings. The van der Waals surface area contributed by atoms with E-state index in [1.54, 1.807) is 19.2 Å². The fourth-order valence-electron chi connectivity index (χ4n) is 2.25. The highest BCUT2D eigenvalue weighted by molar-refractivity contribution is 7.99. The van der Waals surface area contributed by atoms with Gasteiger partial charge in [-0.3, -0.25) is 0 Å². The van der Waals surface area contributed by atoms with Crippen molar-refractivity contribution in [1.82, 2.24) is 4.98 Å². The lowest BCUT2D eigenvalue weighted by molar-refractivity contribution is 0.218. The van der Waals surface area contributed by atoms with Crippen molar-refractivity contribution in [2.75, 3.05) is 32.3 Å². The van der Waals surface area contributed by atoms with E-state index in [9.17, 15) is 15.6 Å². The summed E-state index contributed by atoms with van der Waals surface area (Å²) < 4.78 is 10.1. The van der Waals surface area contributed by atoms with E-state index >= 15 is 0 Å². The zero-order chi connectivity index (χ0) is 18.4. The maximum absolute atomic E-state index is 9.78. The number of phenols is 1. The van der Waals surface area contributed by atoms with Gasteiger partial charge >= 0.3 is 0 Å². The highest BCUT2D eigenvalue weighted by atomic mass is 32.2. The largest absolute Gasteiger partial charge is 0.504 e. The van der Waals surface area contributed by atoms with Gasteiger partial charge in [0.1, 0.15) is 28.5 Å². The number of ether oxygens (including phenoxy) is 2. The topological polar surface area (TPSA) is 125 Å². The van der Waals surface area contributed by atoms with Gasteiger partial charge in [0.2, 0.25) is 0 Å². The predicted molar refractivity (Wildman–Crippen MR) is 94.3 cm³/mol. The number of phenolic OH excluding ortho intramolecular Hbond substituents is 1. The van der Waals surface area contributed by atoms with E-state index in [2.05, 4.69) is 11.1 Å². The molecule has 0 unspecified atom stereocenters. The number of aromatic nitrogens is 1. The Balaban J connectivity index is 2.70. The molecule has 0 aliphatic heterocycles. The van der Waals surface area contributed by atoms with Gasteiger partial charge in [0.05, 0.1) is 19.3 Å². The molecule has 25 heavy (non-hydrogen) atoms. The molecule has 2 rings (SSSR count). The Labute approximate surface area is 149 Å². The van der Waals surface area contributed by atoms with Crippen molar-refractivity contribution in [1.29, 1.82) is 10.5 Å². The van der Waals surface area contributed by atoms with Crippen LogP contribution in [-0.4, -0.2) is 36.7 Å². The molecule has 0 radical (unpaired) electrons. The van der Waals surface area contributed by atoms with Crippen LogP contribution in [0.4, 0.5) is 5.82 Å². The summed E-state index contributed by atoms with van der Waals surface area (Å²) in [4.78, 5) is 4.19. The minimum absolute atomic E-state index is 0.0417. The molecular weight excluding hydrogens is 340 g/mol. The Morgan fingerprint density at radius 3 is 2.56 bits per heavy atom. The van der Waals surface area contributed by atoms with Crippen LogP contribution in [0.15, 0.2) is 23.2 Å². The third-order valence-electron chi connectivity index (χ3n) is 3.41.